The highest BCUT2D eigenvalue weighted by Crippen LogP contribution is 2.27. The number of pyridine rings is 1. The second kappa shape index (κ2) is 4.09. The van der Waals surface area contributed by atoms with Crippen LogP contribution >= 0.6 is 15.9 Å². The van der Waals surface area contributed by atoms with Crippen LogP contribution in [-0.2, 0) is 9.84 Å². The molecule has 0 spiro atoms. The second-order valence-corrected chi connectivity index (χ2v) is 6.44. The molecule has 0 saturated heterocycles. The van der Waals surface area contributed by atoms with E-state index in [9.17, 15) is 13.2 Å². The normalized spacial score (nSPS) is 12.1. The van der Waals surface area contributed by atoms with Crippen molar-refractivity contribution in [3.63, 3.8) is 0 Å². The van der Waals surface area contributed by atoms with Crippen molar-refractivity contribution in [2.24, 2.45) is 0 Å². The number of H-pyrrole nitrogens is 1. The van der Waals surface area contributed by atoms with Crippen LogP contribution in [-0.4, -0.2) is 19.7 Å². The minimum Gasteiger partial charge on any atom is -0.327 e. The Morgan fingerprint density at radius 2 is 1.93 bits per heavy atom. The van der Waals surface area contributed by atoms with Crippen LogP contribution in [0.25, 0.3) is 0 Å². The van der Waals surface area contributed by atoms with Crippen LogP contribution in [0.15, 0.2) is 20.4 Å². The van der Waals surface area contributed by atoms with Crippen LogP contribution in [0, 0.1) is 0 Å². The van der Waals surface area contributed by atoms with Gasteiger partial charge in [-0.15, -0.1) is 0 Å². The lowest BCUT2D eigenvalue weighted by Gasteiger charge is -2.12. The van der Waals surface area contributed by atoms with E-state index in [1.807, 2.05) is 13.8 Å². The van der Waals surface area contributed by atoms with Crippen LogP contribution in [0.5, 0.6) is 0 Å². The van der Waals surface area contributed by atoms with Gasteiger partial charge in [-0.3, -0.25) is 4.79 Å². The summed E-state index contributed by atoms with van der Waals surface area (Å²) >= 11 is 3.24. The highest BCUT2D eigenvalue weighted by Gasteiger charge is 2.22. The van der Waals surface area contributed by atoms with E-state index in [1.54, 1.807) is 0 Å². The Bertz CT molecular complexity index is 531. The molecular formula is C9H12BrNO3S. The summed E-state index contributed by atoms with van der Waals surface area (Å²) in [5.74, 6) is -0.0357. The van der Waals surface area contributed by atoms with Gasteiger partial charge in [0.1, 0.15) is 4.90 Å². The highest BCUT2D eigenvalue weighted by molar-refractivity contribution is 9.10. The Morgan fingerprint density at radius 3 is 2.27 bits per heavy atom. The minimum absolute atomic E-state index is 0.0357. The van der Waals surface area contributed by atoms with Crippen molar-refractivity contribution in [1.82, 2.24) is 4.98 Å². The zero-order valence-electron chi connectivity index (χ0n) is 8.67. The number of aromatic amines is 1. The maximum Gasteiger partial charge on any atom is 0.267 e. The van der Waals surface area contributed by atoms with E-state index in [0.717, 1.165) is 6.26 Å². The lowest BCUT2D eigenvalue weighted by atomic mass is 10.1. The third-order valence-electron chi connectivity index (χ3n) is 1.99. The molecule has 0 aromatic carbocycles. The number of sulfone groups is 1. The van der Waals surface area contributed by atoms with Crippen molar-refractivity contribution in [2.45, 2.75) is 24.7 Å². The lowest BCUT2D eigenvalue weighted by molar-refractivity contribution is 0.597. The van der Waals surface area contributed by atoms with Crippen LogP contribution < -0.4 is 5.56 Å². The van der Waals surface area contributed by atoms with Crippen LogP contribution in [0.4, 0.5) is 0 Å². The Hall–Kier alpha value is -0.620. The van der Waals surface area contributed by atoms with Crippen molar-refractivity contribution in [3.8, 4) is 0 Å². The van der Waals surface area contributed by atoms with Crippen molar-refractivity contribution in [3.05, 3.63) is 26.6 Å². The monoisotopic (exact) mass is 293 g/mol. The van der Waals surface area contributed by atoms with Gasteiger partial charge in [0.05, 0.1) is 0 Å². The van der Waals surface area contributed by atoms with Gasteiger partial charge in [0.15, 0.2) is 9.84 Å². The SMILES string of the molecule is CC(C)c1c(Br)c[nH]c(=O)c1S(C)(=O)=O. The van der Waals surface area contributed by atoms with E-state index in [2.05, 4.69) is 20.9 Å². The molecule has 0 fully saturated rings. The number of rotatable bonds is 2. The molecule has 0 aliphatic rings. The second-order valence-electron chi connectivity index (χ2n) is 3.64. The van der Waals surface area contributed by atoms with Crippen LogP contribution in [0.2, 0.25) is 0 Å². The molecule has 84 valence electrons. The van der Waals surface area contributed by atoms with Gasteiger partial charge in [0.25, 0.3) is 5.56 Å². The first-order valence-corrected chi connectivity index (χ1v) is 7.04. The number of hydrogen-bond acceptors (Lipinski definition) is 3. The van der Waals surface area contributed by atoms with E-state index < -0.39 is 15.4 Å². The molecule has 0 atom stereocenters. The number of aromatic nitrogens is 1. The molecule has 0 radical (unpaired) electrons. The molecule has 0 bridgehead atoms. The minimum atomic E-state index is -3.51. The quantitative estimate of drug-likeness (QED) is 0.902. The summed E-state index contributed by atoms with van der Waals surface area (Å²) in [6.07, 6.45) is 2.50. The summed E-state index contributed by atoms with van der Waals surface area (Å²) in [7, 11) is -3.51. The third-order valence-corrected chi connectivity index (χ3v) is 3.79. The summed E-state index contributed by atoms with van der Waals surface area (Å²) in [5, 5.41) is 0. The third kappa shape index (κ3) is 2.49. The van der Waals surface area contributed by atoms with Gasteiger partial charge >= 0.3 is 0 Å². The molecule has 0 amide bonds. The molecule has 1 aromatic heterocycles. The van der Waals surface area contributed by atoms with E-state index in [4.69, 9.17) is 0 Å². The zero-order chi connectivity index (χ0) is 11.8. The molecule has 0 aliphatic carbocycles. The van der Waals surface area contributed by atoms with Gasteiger partial charge in [-0.25, -0.2) is 8.42 Å². The summed E-state index contributed by atoms with van der Waals surface area (Å²) in [4.78, 5) is 13.7. The summed E-state index contributed by atoms with van der Waals surface area (Å²) in [5.41, 5.74) is -0.0364. The smallest absolute Gasteiger partial charge is 0.267 e. The van der Waals surface area contributed by atoms with Gasteiger partial charge in [-0.05, 0) is 27.4 Å². The largest absolute Gasteiger partial charge is 0.327 e. The Balaban J connectivity index is 3.77. The molecule has 0 unspecified atom stereocenters. The van der Waals surface area contributed by atoms with E-state index >= 15 is 0 Å². The van der Waals surface area contributed by atoms with Gasteiger partial charge in [0, 0.05) is 16.9 Å². The average molecular weight is 294 g/mol. The van der Waals surface area contributed by atoms with Gasteiger partial charge in [0.2, 0.25) is 0 Å². The molecule has 1 rings (SSSR count). The van der Waals surface area contributed by atoms with E-state index in [1.165, 1.54) is 6.20 Å². The van der Waals surface area contributed by atoms with E-state index in [0.29, 0.717) is 10.0 Å². The first-order chi connectivity index (χ1) is 6.75. The fraction of sp³-hybridized carbons (Fsp3) is 0.444. The van der Waals surface area contributed by atoms with Crippen molar-refractivity contribution in [1.29, 1.82) is 0 Å². The Morgan fingerprint density at radius 1 is 1.40 bits per heavy atom. The first kappa shape index (κ1) is 12.4. The molecule has 6 heteroatoms. The zero-order valence-corrected chi connectivity index (χ0v) is 11.1. The number of hydrogen-bond donors (Lipinski definition) is 1. The Labute approximate surface area is 96.8 Å². The van der Waals surface area contributed by atoms with Crippen molar-refractivity contribution < 1.29 is 8.42 Å². The fourth-order valence-corrected chi connectivity index (χ4v) is 3.45. The lowest BCUT2D eigenvalue weighted by Crippen LogP contribution is -2.20. The van der Waals surface area contributed by atoms with Crippen LogP contribution in [0.3, 0.4) is 0 Å². The van der Waals surface area contributed by atoms with Gasteiger partial charge in [-0.1, -0.05) is 13.8 Å². The average Bonchev–Trinajstić information content (AvgIpc) is 2.05. The molecule has 1 heterocycles. The molecule has 4 nitrogen and oxygen atoms in total. The number of halogens is 1. The molecule has 1 N–H and O–H groups in total. The predicted octanol–water partition coefficient (Wildman–Crippen LogP) is 1.66. The van der Waals surface area contributed by atoms with Gasteiger partial charge < -0.3 is 4.98 Å². The van der Waals surface area contributed by atoms with Crippen molar-refractivity contribution >= 4 is 25.8 Å². The molecular weight excluding hydrogens is 282 g/mol. The summed E-state index contributed by atoms with van der Waals surface area (Å²) < 4.78 is 23.6. The van der Waals surface area contributed by atoms with Crippen molar-refractivity contribution in [2.75, 3.05) is 6.26 Å². The summed E-state index contributed by atoms with van der Waals surface area (Å²) in [6, 6.07) is 0. The van der Waals surface area contributed by atoms with E-state index in [-0.39, 0.29) is 10.8 Å². The Kier molecular flexibility index (Phi) is 3.40. The molecule has 15 heavy (non-hydrogen) atoms. The molecule has 0 aliphatic heterocycles. The predicted molar refractivity (Wildman–Crippen MR) is 62.0 cm³/mol. The maximum atomic E-state index is 11.5. The maximum absolute atomic E-state index is 11.5. The standard InChI is InChI=1S/C9H12BrNO3S/c1-5(2)7-6(10)4-11-9(12)8(7)15(3,13)14/h4-5H,1-3H3,(H,11,12). The fourth-order valence-electron chi connectivity index (χ4n) is 1.41. The van der Waals surface area contributed by atoms with Gasteiger partial charge in [-0.2, -0.15) is 0 Å². The molecule has 1 aromatic rings. The summed E-state index contributed by atoms with van der Waals surface area (Å²) in [6.45, 7) is 3.68. The molecule has 0 saturated carbocycles. The first-order valence-electron chi connectivity index (χ1n) is 4.36. The highest BCUT2D eigenvalue weighted by atomic mass is 79.9. The topological polar surface area (TPSA) is 67.0 Å². The van der Waals surface area contributed by atoms with Crippen LogP contribution in [0.1, 0.15) is 25.3 Å². The number of nitrogens with one attached hydrogen (secondary N) is 1.